The molecule has 11 rings (SSSR count). The Hall–Kier alpha value is -6.83. The zero-order valence-electron chi connectivity index (χ0n) is 46.7. The predicted octanol–water partition coefficient (Wildman–Crippen LogP) is 13.5. The highest BCUT2D eigenvalue weighted by Gasteiger charge is 2.26. The van der Waals surface area contributed by atoms with Crippen LogP contribution in [-0.4, -0.2) is 64.6 Å². The summed E-state index contributed by atoms with van der Waals surface area (Å²) in [6.07, 6.45) is 17.7. The molecule has 13 nitrogen and oxygen atoms in total. The van der Waals surface area contributed by atoms with E-state index in [9.17, 15) is 24.0 Å². The molecule has 3 aliphatic rings. The topological polar surface area (TPSA) is 187 Å². The number of aryl methyl sites for hydroxylation is 2. The van der Waals surface area contributed by atoms with Gasteiger partial charge < -0.3 is 28.3 Å². The third-order valence-corrected chi connectivity index (χ3v) is 16.6. The van der Waals surface area contributed by atoms with Crippen molar-refractivity contribution in [2.45, 2.75) is 172 Å². The number of carbonyl (C=O) groups is 2. The molecular weight excluding hydrogens is 979 g/mol. The third-order valence-electron chi connectivity index (χ3n) is 16.6. The van der Waals surface area contributed by atoms with Gasteiger partial charge in [-0.1, -0.05) is 94.4 Å². The van der Waals surface area contributed by atoms with E-state index in [-0.39, 0.29) is 11.5 Å². The number of benzene rings is 5. The SMILES string of the molecule is CC(C)c1ccc(CCC=O)cc1.CC(C)c1ccc(CCCN(C)C2CCC(c3ccc4[nH]c(=O)oc4c3)CC2)cc1.CNC1CCC(c2ccc3[nH]c(=O)oc3c2)CC1.O=C1CCC(c2ccc3[nH]c(=O)oc3c2)CC1. The van der Waals surface area contributed by atoms with Crippen LogP contribution in [0.5, 0.6) is 0 Å². The highest BCUT2D eigenvalue weighted by molar-refractivity contribution is 5.79. The van der Waals surface area contributed by atoms with Crippen molar-refractivity contribution in [2.75, 3.05) is 20.6 Å². The standard InChI is InChI=1S/C26H34N2O2.C14H18N2O2.C13H13NO3.C12H16O/c1-18(2)20-8-6-19(7-9-20)5-4-16-28(3)23-13-10-21(11-14-23)22-12-15-24-25(17-22)30-26(29)27-24;1-15-11-5-2-9(3-6-11)10-4-7-12-13(8-10)18-14(17)16-12;15-10-4-1-8(2-5-10)9-3-6-11-12(7-9)17-13(16)14-11;1-10(2)12-7-5-11(6-8-12)4-3-9-13/h6-9,12,15,17-18,21,23H,4-5,10-11,13-14,16H2,1-3H3,(H,27,29);4,7-9,11,15H,2-3,5-6H2,1H3,(H,16,17);3,6-8H,1-2,4-5H2,(H,14,16);5-10H,3-4H2,1-2H3. The molecule has 3 fully saturated rings. The van der Waals surface area contributed by atoms with Gasteiger partial charge in [-0.05, 0) is 209 Å². The minimum Gasteiger partial charge on any atom is -0.408 e. The fourth-order valence-electron chi connectivity index (χ4n) is 11.6. The highest BCUT2D eigenvalue weighted by atomic mass is 16.4. The maximum absolute atomic E-state index is 11.4. The van der Waals surface area contributed by atoms with Crippen LogP contribution in [0.1, 0.15) is 186 Å². The quantitative estimate of drug-likeness (QED) is 0.0763. The van der Waals surface area contributed by atoms with Crippen LogP contribution in [-0.2, 0) is 22.4 Å². The van der Waals surface area contributed by atoms with Gasteiger partial charge in [-0.15, -0.1) is 0 Å². The third kappa shape index (κ3) is 15.9. The van der Waals surface area contributed by atoms with E-state index < -0.39 is 5.76 Å². The monoisotopic (exact) mass is 1060 g/mol. The lowest BCUT2D eigenvalue weighted by Crippen LogP contribution is -2.35. The number of ketones is 1. The molecule has 0 atom stereocenters. The zero-order chi connectivity index (χ0) is 55.1. The molecule has 0 bridgehead atoms. The number of hydrogen-bond acceptors (Lipinski definition) is 10. The lowest BCUT2D eigenvalue weighted by atomic mass is 9.81. The summed E-state index contributed by atoms with van der Waals surface area (Å²) in [5.74, 6) is 1.95. The molecule has 3 aromatic heterocycles. The van der Waals surface area contributed by atoms with Gasteiger partial charge in [0.05, 0.1) is 16.6 Å². The fourth-order valence-corrected chi connectivity index (χ4v) is 11.6. The van der Waals surface area contributed by atoms with Crippen molar-refractivity contribution in [3.63, 3.8) is 0 Å². The van der Waals surface area contributed by atoms with Crippen LogP contribution in [0.3, 0.4) is 0 Å². The van der Waals surface area contributed by atoms with Gasteiger partial charge in [-0.25, -0.2) is 14.4 Å². The van der Waals surface area contributed by atoms with Crippen LogP contribution < -0.4 is 22.6 Å². The normalized spacial score (nSPS) is 18.9. The highest BCUT2D eigenvalue weighted by Crippen LogP contribution is 2.37. The largest absolute Gasteiger partial charge is 0.417 e. The molecule has 4 N–H and O–H groups in total. The minimum atomic E-state index is -0.420. The molecule has 0 amide bonds. The average molecular weight is 1060 g/mol. The van der Waals surface area contributed by atoms with E-state index in [0.717, 1.165) is 60.6 Å². The maximum Gasteiger partial charge on any atom is 0.417 e. The molecule has 0 aliphatic heterocycles. The second kappa shape index (κ2) is 27.7. The van der Waals surface area contributed by atoms with Gasteiger partial charge in [-0.3, -0.25) is 19.7 Å². The number of H-pyrrole nitrogens is 3. The van der Waals surface area contributed by atoms with Crippen molar-refractivity contribution in [2.24, 2.45) is 0 Å². The van der Waals surface area contributed by atoms with E-state index in [2.05, 4.69) is 121 Å². The number of aldehydes is 1. The van der Waals surface area contributed by atoms with Gasteiger partial charge in [0.2, 0.25) is 0 Å². The van der Waals surface area contributed by atoms with Crippen LogP contribution >= 0.6 is 0 Å². The van der Waals surface area contributed by atoms with Crippen molar-refractivity contribution >= 4 is 45.4 Å². The average Bonchev–Trinajstić information content (AvgIpc) is 4.17. The molecule has 13 heteroatoms. The number of fused-ring (bicyclic) bond motifs is 3. The lowest BCUT2D eigenvalue weighted by molar-refractivity contribution is -0.120. The summed E-state index contributed by atoms with van der Waals surface area (Å²) in [5.41, 5.74) is 13.5. The van der Waals surface area contributed by atoms with E-state index in [1.165, 1.54) is 91.2 Å². The molecule has 0 saturated heterocycles. The number of nitrogens with zero attached hydrogens (tertiary/aromatic N) is 1. The number of oxazole rings is 3. The molecule has 3 heterocycles. The second-order valence-electron chi connectivity index (χ2n) is 22.5. The molecule has 0 radical (unpaired) electrons. The summed E-state index contributed by atoms with van der Waals surface area (Å²) >= 11 is 0. The van der Waals surface area contributed by atoms with Gasteiger partial charge in [0.25, 0.3) is 0 Å². The molecule has 5 aromatic carbocycles. The zero-order valence-corrected chi connectivity index (χ0v) is 46.7. The number of Topliss-reactive ketones (excluding diaryl/α,β-unsaturated/α-hetero) is 1. The number of hydrogen-bond donors (Lipinski definition) is 4. The van der Waals surface area contributed by atoms with Crippen LogP contribution in [0.2, 0.25) is 0 Å². The minimum absolute atomic E-state index is 0.357. The molecule has 0 unspecified atom stereocenters. The van der Waals surface area contributed by atoms with E-state index >= 15 is 0 Å². The Labute approximate surface area is 458 Å². The number of carbonyl (C=O) groups excluding carboxylic acids is 2. The first-order chi connectivity index (χ1) is 37.7. The second-order valence-corrected chi connectivity index (χ2v) is 22.5. The van der Waals surface area contributed by atoms with Crippen LogP contribution in [0.4, 0.5) is 0 Å². The van der Waals surface area contributed by atoms with Crippen molar-refractivity contribution in [1.29, 1.82) is 0 Å². The summed E-state index contributed by atoms with van der Waals surface area (Å²) in [6, 6.07) is 37.0. The van der Waals surface area contributed by atoms with Crippen LogP contribution in [0.15, 0.2) is 131 Å². The maximum atomic E-state index is 11.4. The summed E-state index contributed by atoms with van der Waals surface area (Å²) < 4.78 is 15.4. The first-order valence-corrected chi connectivity index (χ1v) is 28.6. The molecule has 3 saturated carbocycles. The van der Waals surface area contributed by atoms with E-state index in [1.807, 2.05) is 49.5 Å². The predicted molar refractivity (Wildman–Crippen MR) is 312 cm³/mol. The summed E-state index contributed by atoms with van der Waals surface area (Å²) in [6.45, 7) is 10.0. The Morgan fingerprint density at radius 1 is 0.538 bits per heavy atom. The van der Waals surface area contributed by atoms with Crippen LogP contribution in [0.25, 0.3) is 33.3 Å². The lowest BCUT2D eigenvalue weighted by Gasteiger charge is -2.35. The van der Waals surface area contributed by atoms with Gasteiger partial charge in [0.15, 0.2) is 16.7 Å². The smallest absolute Gasteiger partial charge is 0.408 e. The first kappa shape index (κ1) is 57.3. The van der Waals surface area contributed by atoms with Crippen molar-refractivity contribution in [3.8, 4) is 0 Å². The first-order valence-electron chi connectivity index (χ1n) is 28.6. The Bertz CT molecular complexity index is 3330. The number of nitrogens with one attached hydrogen (secondary N) is 4. The fraction of sp³-hybridized carbons (Fsp3) is 0.462. The Kier molecular flexibility index (Phi) is 20.3. The van der Waals surface area contributed by atoms with E-state index in [4.69, 9.17) is 13.3 Å². The van der Waals surface area contributed by atoms with Crippen molar-refractivity contribution < 1.29 is 22.8 Å². The molecule has 78 heavy (non-hydrogen) atoms. The van der Waals surface area contributed by atoms with Crippen molar-refractivity contribution in [3.05, 3.63) is 174 Å². The number of aromatic amines is 3. The summed E-state index contributed by atoms with van der Waals surface area (Å²) in [7, 11) is 4.32. The number of rotatable bonds is 14. The Morgan fingerprint density at radius 3 is 1.33 bits per heavy atom. The van der Waals surface area contributed by atoms with E-state index in [0.29, 0.717) is 83.5 Å². The Morgan fingerprint density at radius 2 is 0.936 bits per heavy atom. The Balaban J connectivity index is 0.000000145. The van der Waals surface area contributed by atoms with Gasteiger partial charge in [-0.2, -0.15) is 0 Å². The molecule has 8 aromatic rings. The van der Waals surface area contributed by atoms with E-state index in [1.54, 1.807) is 0 Å². The van der Waals surface area contributed by atoms with Crippen LogP contribution in [0, 0.1) is 0 Å². The number of aromatic nitrogens is 3. The van der Waals surface area contributed by atoms with Gasteiger partial charge in [0.1, 0.15) is 12.1 Å². The summed E-state index contributed by atoms with van der Waals surface area (Å²) in [5, 5.41) is 3.34. The molecule has 0 spiro atoms. The molecule has 414 valence electrons. The van der Waals surface area contributed by atoms with Crippen molar-refractivity contribution in [1.82, 2.24) is 25.2 Å². The molecule has 3 aliphatic carbocycles. The van der Waals surface area contributed by atoms with Gasteiger partial charge in [0, 0.05) is 31.3 Å². The summed E-state index contributed by atoms with van der Waals surface area (Å²) in [4.78, 5) is 65.5. The van der Waals surface area contributed by atoms with Gasteiger partial charge >= 0.3 is 17.3 Å². The molecular formula is C65H81N5O8.